The van der Waals surface area contributed by atoms with Crippen molar-refractivity contribution in [3.8, 4) is 0 Å². The van der Waals surface area contributed by atoms with Crippen molar-refractivity contribution in [2.45, 2.75) is 5.25 Å². The molecular formula is C14H9ClNO2S2-. The maximum Gasteiger partial charge on any atom is 0.113 e. The van der Waals surface area contributed by atoms with Crippen LogP contribution in [0.2, 0.25) is 5.02 Å². The zero-order valence-corrected chi connectivity index (χ0v) is 12.5. The van der Waals surface area contributed by atoms with Gasteiger partial charge in [0.15, 0.2) is 0 Å². The van der Waals surface area contributed by atoms with E-state index in [9.17, 15) is 8.76 Å². The van der Waals surface area contributed by atoms with Crippen molar-refractivity contribution in [3.05, 3.63) is 64.1 Å². The average Bonchev–Trinajstić information content (AvgIpc) is 2.84. The van der Waals surface area contributed by atoms with Crippen LogP contribution in [0.15, 0.2) is 48.5 Å². The molecule has 0 saturated heterocycles. The van der Waals surface area contributed by atoms with Gasteiger partial charge >= 0.3 is 0 Å². The van der Waals surface area contributed by atoms with Gasteiger partial charge in [0.05, 0.1) is 15.5 Å². The molecule has 2 atom stereocenters. The van der Waals surface area contributed by atoms with Gasteiger partial charge in [0.2, 0.25) is 0 Å². The van der Waals surface area contributed by atoms with Gasteiger partial charge in [-0.25, -0.2) is 4.98 Å². The molecule has 2 aromatic carbocycles. The van der Waals surface area contributed by atoms with Crippen LogP contribution in [0.5, 0.6) is 0 Å². The molecule has 0 radical (unpaired) electrons. The predicted molar refractivity (Wildman–Crippen MR) is 81.8 cm³/mol. The predicted octanol–water partition coefficient (Wildman–Crippen LogP) is 3.92. The monoisotopic (exact) mass is 322 g/mol. The summed E-state index contributed by atoms with van der Waals surface area (Å²) >= 11 is 4.95. The van der Waals surface area contributed by atoms with Gasteiger partial charge in [0.25, 0.3) is 0 Å². The molecule has 1 aromatic heterocycles. The average molecular weight is 323 g/mol. The Bertz CT molecular complexity index is 737. The van der Waals surface area contributed by atoms with Crippen LogP contribution in [0.1, 0.15) is 15.8 Å². The molecule has 0 N–H and O–H groups in total. The van der Waals surface area contributed by atoms with E-state index in [1.54, 1.807) is 24.3 Å². The number of para-hydroxylation sites is 1. The van der Waals surface area contributed by atoms with Gasteiger partial charge in [0, 0.05) is 5.02 Å². The second kappa shape index (κ2) is 5.61. The van der Waals surface area contributed by atoms with E-state index in [2.05, 4.69) is 4.98 Å². The summed E-state index contributed by atoms with van der Waals surface area (Å²) in [5, 5.41) is 0.389. The lowest BCUT2D eigenvalue weighted by atomic mass is 10.1. The number of aromatic nitrogens is 1. The van der Waals surface area contributed by atoms with Crippen LogP contribution in [0.25, 0.3) is 10.2 Å². The summed E-state index contributed by atoms with van der Waals surface area (Å²) in [6, 6.07) is 14.4. The van der Waals surface area contributed by atoms with Gasteiger partial charge in [-0.2, -0.15) is 0 Å². The van der Waals surface area contributed by atoms with Crippen LogP contribution >= 0.6 is 22.9 Å². The third-order valence-corrected chi connectivity index (χ3v) is 5.28. The van der Waals surface area contributed by atoms with Crippen LogP contribution in [0.3, 0.4) is 0 Å². The van der Waals surface area contributed by atoms with Gasteiger partial charge in [-0.1, -0.05) is 35.9 Å². The summed E-state index contributed by atoms with van der Waals surface area (Å²) in [5.74, 6) is 0. The maximum atomic E-state index is 11.6. The van der Waals surface area contributed by atoms with Crippen molar-refractivity contribution in [2.24, 2.45) is 0 Å². The molecule has 0 saturated carbocycles. The number of hydrogen-bond acceptors (Lipinski definition) is 4. The molecule has 0 bridgehead atoms. The van der Waals surface area contributed by atoms with E-state index < -0.39 is 16.3 Å². The van der Waals surface area contributed by atoms with E-state index >= 15 is 0 Å². The molecule has 0 aliphatic carbocycles. The fourth-order valence-electron chi connectivity index (χ4n) is 1.98. The molecule has 0 aliphatic rings. The molecule has 3 aromatic rings. The van der Waals surface area contributed by atoms with Crippen molar-refractivity contribution in [2.75, 3.05) is 0 Å². The summed E-state index contributed by atoms with van der Waals surface area (Å²) in [7, 11) is 0. The van der Waals surface area contributed by atoms with Crippen molar-refractivity contribution in [3.63, 3.8) is 0 Å². The Hall–Kier alpha value is -1.27. The largest absolute Gasteiger partial charge is 0.772 e. The third kappa shape index (κ3) is 2.62. The minimum atomic E-state index is -2.28. The van der Waals surface area contributed by atoms with Gasteiger partial charge in [-0.3, -0.25) is 4.21 Å². The molecule has 6 heteroatoms. The van der Waals surface area contributed by atoms with Crippen LogP contribution in [-0.4, -0.2) is 13.7 Å². The molecule has 0 amide bonds. The molecule has 1 heterocycles. The number of fused-ring (bicyclic) bond motifs is 1. The molecule has 2 unspecified atom stereocenters. The summed E-state index contributed by atoms with van der Waals surface area (Å²) in [6.07, 6.45) is 0. The standard InChI is InChI=1S/C14H10ClNO2S2/c15-10-7-5-9(6-8-10)13(20(17)18)14-16-11-3-1-2-4-12(11)19-14/h1-8,13H,(H,17,18)/p-1. The first-order valence-electron chi connectivity index (χ1n) is 5.84. The highest BCUT2D eigenvalue weighted by Crippen LogP contribution is 2.33. The quantitative estimate of drug-likeness (QED) is 0.687. The maximum absolute atomic E-state index is 11.6. The summed E-state index contributed by atoms with van der Waals surface area (Å²) < 4.78 is 24.2. The topological polar surface area (TPSA) is 53.0 Å². The molecule has 102 valence electrons. The van der Waals surface area contributed by atoms with E-state index in [0.717, 1.165) is 10.2 Å². The Morgan fingerprint density at radius 3 is 2.50 bits per heavy atom. The Morgan fingerprint density at radius 2 is 1.85 bits per heavy atom. The number of thiazole rings is 1. The summed E-state index contributed by atoms with van der Waals surface area (Å²) in [6.45, 7) is 0. The lowest BCUT2D eigenvalue weighted by molar-refractivity contribution is 0.530. The second-order valence-corrected chi connectivity index (χ2v) is 6.70. The van der Waals surface area contributed by atoms with Crippen LogP contribution in [0, 0.1) is 0 Å². The van der Waals surface area contributed by atoms with Crippen LogP contribution in [-0.2, 0) is 11.1 Å². The van der Waals surface area contributed by atoms with Crippen LogP contribution in [0.4, 0.5) is 0 Å². The van der Waals surface area contributed by atoms with Crippen molar-refractivity contribution >= 4 is 44.2 Å². The van der Waals surface area contributed by atoms with Crippen molar-refractivity contribution < 1.29 is 8.76 Å². The second-order valence-electron chi connectivity index (χ2n) is 4.21. The molecule has 0 fully saturated rings. The zero-order chi connectivity index (χ0) is 14.1. The van der Waals surface area contributed by atoms with Crippen LogP contribution < -0.4 is 0 Å². The summed E-state index contributed by atoms with van der Waals surface area (Å²) in [5.41, 5.74) is 1.48. The third-order valence-electron chi connectivity index (χ3n) is 2.90. The highest BCUT2D eigenvalue weighted by molar-refractivity contribution is 7.79. The smallest absolute Gasteiger partial charge is 0.113 e. The lowest BCUT2D eigenvalue weighted by Crippen LogP contribution is -2.07. The van der Waals surface area contributed by atoms with Crippen molar-refractivity contribution in [1.29, 1.82) is 0 Å². The molecule has 3 nitrogen and oxygen atoms in total. The first-order chi connectivity index (χ1) is 9.65. The van der Waals surface area contributed by atoms with Gasteiger partial charge in [-0.05, 0) is 40.9 Å². The molecule has 0 aliphatic heterocycles. The number of rotatable bonds is 3. The Kier molecular flexibility index (Phi) is 3.85. The molecular weight excluding hydrogens is 314 g/mol. The minimum Gasteiger partial charge on any atom is -0.772 e. The number of benzene rings is 2. The first kappa shape index (κ1) is 13.7. The van der Waals surface area contributed by atoms with E-state index in [0.29, 0.717) is 15.6 Å². The Labute approximate surface area is 127 Å². The fraction of sp³-hybridized carbons (Fsp3) is 0.0714. The Balaban J connectivity index is 2.10. The Morgan fingerprint density at radius 1 is 1.15 bits per heavy atom. The van der Waals surface area contributed by atoms with E-state index in [1.807, 2.05) is 24.3 Å². The zero-order valence-electron chi connectivity index (χ0n) is 10.2. The summed E-state index contributed by atoms with van der Waals surface area (Å²) in [4.78, 5) is 4.43. The number of nitrogens with zero attached hydrogens (tertiary/aromatic N) is 1. The minimum absolute atomic E-state index is 0.571. The highest BCUT2D eigenvalue weighted by Gasteiger charge is 2.19. The lowest BCUT2D eigenvalue weighted by Gasteiger charge is -2.17. The van der Waals surface area contributed by atoms with Crippen molar-refractivity contribution in [1.82, 2.24) is 4.98 Å². The SMILES string of the molecule is O=S([O-])C(c1ccc(Cl)cc1)c1nc2ccccc2s1. The van der Waals surface area contributed by atoms with E-state index in [-0.39, 0.29) is 0 Å². The van der Waals surface area contributed by atoms with Gasteiger partial charge in [-0.15, -0.1) is 11.3 Å². The van der Waals surface area contributed by atoms with Gasteiger partial charge in [0.1, 0.15) is 5.01 Å². The number of hydrogen-bond donors (Lipinski definition) is 0. The molecule has 0 spiro atoms. The first-order valence-corrected chi connectivity index (χ1v) is 8.17. The highest BCUT2D eigenvalue weighted by atomic mass is 35.5. The fourth-order valence-corrected chi connectivity index (χ4v) is 4.06. The molecule has 3 rings (SSSR count). The van der Waals surface area contributed by atoms with E-state index in [4.69, 9.17) is 11.6 Å². The van der Waals surface area contributed by atoms with Gasteiger partial charge < -0.3 is 4.55 Å². The normalized spacial score (nSPS) is 14.3. The number of halogens is 1. The molecule has 20 heavy (non-hydrogen) atoms. The van der Waals surface area contributed by atoms with E-state index in [1.165, 1.54) is 11.3 Å².